The third-order valence-corrected chi connectivity index (χ3v) is 8.66. The Kier molecular flexibility index (Phi) is 8.92. The van der Waals surface area contributed by atoms with Crippen molar-refractivity contribution in [3.63, 3.8) is 0 Å². The van der Waals surface area contributed by atoms with Crippen molar-refractivity contribution in [2.75, 3.05) is 26.4 Å². The Morgan fingerprint density at radius 2 is 1.49 bits per heavy atom. The van der Waals surface area contributed by atoms with Crippen LogP contribution in [0.25, 0.3) is 10.8 Å². The number of benzene rings is 2. The van der Waals surface area contributed by atoms with E-state index in [0.29, 0.717) is 21.6 Å². The number of esters is 2. The molecule has 0 aliphatic carbocycles. The number of fused-ring (bicyclic) bond motifs is 1. The van der Waals surface area contributed by atoms with Crippen LogP contribution in [0.4, 0.5) is 0 Å². The van der Waals surface area contributed by atoms with Gasteiger partial charge in [0.1, 0.15) is 0 Å². The van der Waals surface area contributed by atoms with Gasteiger partial charge in [-0.25, -0.2) is 9.59 Å². The fraction of sp³-hybridized carbons (Fsp3) is 0.481. The number of carbonyl (C=O) groups excluding carboxylic acids is 2. The quantitative estimate of drug-likeness (QED) is 0.237. The van der Waals surface area contributed by atoms with Crippen LogP contribution in [0.5, 0.6) is 0 Å². The summed E-state index contributed by atoms with van der Waals surface area (Å²) in [6, 6.07) is 7.04. The molecule has 0 spiro atoms. The summed E-state index contributed by atoms with van der Waals surface area (Å²) in [7, 11) is -3.84. The molecule has 2 aromatic rings. The minimum absolute atomic E-state index is 0.0438. The molecule has 190 valence electrons. The largest absolute Gasteiger partial charge is 0.462 e. The summed E-state index contributed by atoms with van der Waals surface area (Å²) in [5.74, 6) is -1.32. The summed E-state index contributed by atoms with van der Waals surface area (Å²) in [5, 5.41) is 1.29. The molecule has 7 nitrogen and oxygen atoms in total. The van der Waals surface area contributed by atoms with E-state index in [1.165, 1.54) is 0 Å². The van der Waals surface area contributed by atoms with Gasteiger partial charge in [0.15, 0.2) is 0 Å². The second-order valence-corrected chi connectivity index (χ2v) is 10.5. The Morgan fingerprint density at radius 1 is 0.943 bits per heavy atom. The van der Waals surface area contributed by atoms with Gasteiger partial charge in [0.2, 0.25) is 0 Å². The molecule has 8 heteroatoms. The fourth-order valence-corrected chi connectivity index (χ4v) is 6.62. The molecular formula is C27H35O7P. The van der Waals surface area contributed by atoms with E-state index >= 15 is 0 Å². The van der Waals surface area contributed by atoms with Crippen LogP contribution in [-0.4, -0.2) is 38.4 Å². The number of rotatable bonds is 9. The summed E-state index contributed by atoms with van der Waals surface area (Å²) in [6.07, 6.45) is 5.55. The molecule has 1 aliphatic rings. The van der Waals surface area contributed by atoms with Crippen molar-refractivity contribution in [1.82, 2.24) is 0 Å². The van der Waals surface area contributed by atoms with Gasteiger partial charge in [-0.3, -0.25) is 4.57 Å². The highest BCUT2D eigenvalue weighted by Crippen LogP contribution is 2.56. The average Bonchev–Trinajstić information content (AvgIpc) is 2.87. The zero-order valence-electron chi connectivity index (χ0n) is 21.2. The number of allylic oxidation sites excluding steroid dienone is 2. The zero-order valence-corrected chi connectivity index (χ0v) is 22.1. The highest BCUT2D eigenvalue weighted by Gasteiger charge is 2.45. The lowest BCUT2D eigenvalue weighted by molar-refractivity contribution is 0.0157. The minimum Gasteiger partial charge on any atom is -0.462 e. The van der Waals surface area contributed by atoms with Gasteiger partial charge in [0.25, 0.3) is 0 Å². The van der Waals surface area contributed by atoms with Crippen LogP contribution in [0.1, 0.15) is 73.7 Å². The second-order valence-electron chi connectivity index (χ2n) is 8.59. The van der Waals surface area contributed by atoms with Crippen LogP contribution in [0.2, 0.25) is 0 Å². The van der Waals surface area contributed by atoms with E-state index in [1.54, 1.807) is 38.1 Å². The lowest BCUT2D eigenvalue weighted by atomic mass is 9.84. The van der Waals surface area contributed by atoms with Gasteiger partial charge < -0.3 is 18.5 Å². The SMILES string of the molecule is C/C=C/Cc1c(C(=O)OCC)c(C(=O)OCC)c2ccccc2c1P1(=O)OCC(CC)(CC)CO1. The predicted molar refractivity (Wildman–Crippen MR) is 137 cm³/mol. The molecule has 0 N–H and O–H groups in total. The molecule has 3 rings (SSSR count). The molecule has 0 radical (unpaired) electrons. The maximum atomic E-state index is 14.4. The monoisotopic (exact) mass is 502 g/mol. The normalized spacial score (nSPS) is 16.9. The van der Waals surface area contributed by atoms with Gasteiger partial charge in [-0.2, -0.15) is 0 Å². The van der Waals surface area contributed by atoms with Crippen molar-refractivity contribution in [1.29, 1.82) is 0 Å². The Hall–Kier alpha value is -2.47. The molecule has 2 aromatic carbocycles. The Balaban J connectivity index is 2.40. The maximum absolute atomic E-state index is 14.4. The molecule has 0 unspecified atom stereocenters. The van der Waals surface area contributed by atoms with Gasteiger partial charge in [-0.15, -0.1) is 0 Å². The molecule has 0 atom stereocenters. The number of ether oxygens (including phenoxy) is 2. The molecule has 1 fully saturated rings. The third kappa shape index (κ3) is 5.23. The topological polar surface area (TPSA) is 88.1 Å². The third-order valence-electron chi connectivity index (χ3n) is 6.66. The van der Waals surface area contributed by atoms with Gasteiger partial charge in [0, 0.05) is 5.41 Å². The van der Waals surface area contributed by atoms with Crippen LogP contribution in [0.3, 0.4) is 0 Å². The zero-order chi connectivity index (χ0) is 25.6. The molecular weight excluding hydrogens is 467 g/mol. The van der Waals surface area contributed by atoms with Gasteiger partial charge >= 0.3 is 19.5 Å². The standard InChI is InChI=1S/C27H35O7P/c1-6-11-14-21-23(26(29)32-10-5)22(25(28)31-9-4)19-15-12-13-16-20(19)24(21)35(30)33-17-27(7-2,8-3)18-34-35/h6,11-13,15-16H,7-10,14,17-18H2,1-5H3/b11-6+. The van der Waals surface area contributed by atoms with Crippen molar-refractivity contribution in [3.05, 3.63) is 53.1 Å². The second kappa shape index (κ2) is 11.5. The number of hydrogen-bond acceptors (Lipinski definition) is 7. The first-order valence-electron chi connectivity index (χ1n) is 12.2. The minimum atomic E-state index is -3.84. The summed E-state index contributed by atoms with van der Waals surface area (Å²) in [4.78, 5) is 26.5. The van der Waals surface area contributed by atoms with Crippen molar-refractivity contribution >= 4 is 35.6 Å². The van der Waals surface area contributed by atoms with Crippen LogP contribution in [0.15, 0.2) is 36.4 Å². The van der Waals surface area contributed by atoms with Crippen LogP contribution >= 0.6 is 7.60 Å². The lowest BCUT2D eigenvalue weighted by Crippen LogP contribution is -2.37. The van der Waals surface area contributed by atoms with E-state index in [2.05, 4.69) is 13.8 Å². The van der Waals surface area contributed by atoms with E-state index in [1.807, 2.05) is 19.1 Å². The highest BCUT2D eigenvalue weighted by atomic mass is 31.2. The van der Waals surface area contributed by atoms with E-state index < -0.39 is 19.5 Å². The summed E-state index contributed by atoms with van der Waals surface area (Å²) in [6.45, 7) is 10.2. The van der Waals surface area contributed by atoms with Crippen molar-refractivity contribution in [2.24, 2.45) is 5.41 Å². The van der Waals surface area contributed by atoms with E-state index in [0.717, 1.165) is 12.8 Å². The summed E-state index contributed by atoms with van der Waals surface area (Å²) in [5.41, 5.74) is 0.320. The number of hydrogen-bond donors (Lipinski definition) is 0. The number of carbonyl (C=O) groups is 2. The van der Waals surface area contributed by atoms with Gasteiger partial charge in [-0.05, 0) is 56.4 Å². The van der Waals surface area contributed by atoms with Gasteiger partial charge in [0.05, 0.1) is 42.9 Å². The first-order valence-corrected chi connectivity index (χ1v) is 13.8. The van der Waals surface area contributed by atoms with Crippen molar-refractivity contribution in [3.8, 4) is 0 Å². The summed E-state index contributed by atoms with van der Waals surface area (Å²) >= 11 is 0. The van der Waals surface area contributed by atoms with Crippen LogP contribution < -0.4 is 5.30 Å². The smallest absolute Gasteiger partial charge is 0.362 e. The Bertz CT molecular complexity index is 1150. The van der Waals surface area contributed by atoms with Crippen LogP contribution in [-0.2, 0) is 29.5 Å². The van der Waals surface area contributed by atoms with Crippen LogP contribution in [0, 0.1) is 5.41 Å². The fourth-order valence-electron chi connectivity index (χ4n) is 4.38. The molecule has 35 heavy (non-hydrogen) atoms. The molecule has 1 aliphatic heterocycles. The average molecular weight is 503 g/mol. The first-order chi connectivity index (χ1) is 16.8. The highest BCUT2D eigenvalue weighted by molar-refractivity contribution is 7.63. The maximum Gasteiger partial charge on any atom is 0.362 e. The molecule has 1 saturated heterocycles. The molecule has 1 heterocycles. The molecule has 0 amide bonds. The summed E-state index contributed by atoms with van der Waals surface area (Å²) < 4.78 is 37.2. The lowest BCUT2D eigenvalue weighted by Gasteiger charge is -2.39. The van der Waals surface area contributed by atoms with E-state index in [9.17, 15) is 14.2 Å². The molecule has 0 bridgehead atoms. The Morgan fingerprint density at radius 3 is 2.00 bits per heavy atom. The van der Waals surface area contributed by atoms with Gasteiger partial charge in [-0.1, -0.05) is 50.3 Å². The molecule has 0 saturated carbocycles. The predicted octanol–water partition coefficient (Wildman–Crippen LogP) is 5.98. The van der Waals surface area contributed by atoms with E-state index in [4.69, 9.17) is 18.5 Å². The first kappa shape index (κ1) is 27.1. The molecule has 0 aromatic heterocycles. The Labute approximate surface area is 207 Å². The van der Waals surface area contributed by atoms with E-state index in [-0.39, 0.29) is 49.4 Å². The van der Waals surface area contributed by atoms with Crippen molar-refractivity contribution < 1.29 is 32.7 Å². The van der Waals surface area contributed by atoms with Crippen molar-refractivity contribution in [2.45, 2.75) is 53.9 Å².